The summed E-state index contributed by atoms with van der Waals surface area (Å²) in [5.41, 5.74) is 0.0470. The monoisotopic (exact) mass is 539 g/mol. The third kappa shape index (κ3) is 9.22. The van der Waals surface area contributed by atoms with Gasteiger partial charge in [-0.25, -0.2) is 0 Å². The Kier molecular flexibility index (Phi) is 20.7. The van der Waals surface area contributed by atoms with Gasteiger partial charge in [-0.15, -0.1) is 0 Å². The molecule has 0 amide bonds. The molecule has 0 saturated carbocycles. The van der Waals surface area contributed by atoms with Gasteiger partial charge in [0, 0.05) is 5.41 Å². The number of unbranched alkanes of at least 4 members (excludes halogenated alkanes) is 12. The zero-order valence-corrected chi connectivity index (χ0v) is 28.1. The summed E-state index contributed by atoms with van der Waals surface area (Å²) in [6.07, 6.45) is 27.2. The summed E-state index contributed by atoms with van der Waals surface area (Å²) in [5, 5.41) is 12.5. The largest absolute Gasteiger partial charge is 0.365 e. The van der Waals surface area contributed by atoms with Crippen LogP contribution in [0.25, 0.3) is 0 Å². The van der Waals surface area contributed by atoms with E-state index in [0.29, 0.717) is 13.0 Å². The van der Waals surface area contributed by atoms with Crippen molar-refractivity contribution in [3.05, 3.63) is 0 Å². The zero-order chi connectivity index (χ0) is 29.0. The van der Waals surface area contributed by atoms with E-state index in [1.165, 1.54) is 103 Å². The van der Waals surface area contributed by atoms with Crippen LogP contribution in [0.15, 0.2) is 0 Å². The highest BCUT2D eigenvalue weighted by Crippen LogP contribution is 2.68. The first-order chi connectivity index (χ1) is 18.3. The minimum absolute atomic E-state index is 0.0560. The van der Waals surface area contributed by atoms with E-state index in [0.717, 1.165) is 32.1 Å². The molecule has 2 nitrogen and oxygen atoms in total. The number of hydrogen-bond acceptors (Lipinski definition) is 2. The van der Waals surface area contributed by atoms with Crippen LogP contribution in [0.5, 0.6) is 0 Å². The fraction of sp³-hybridized carbons (Fsp3) is 1.00. The Labute approximate surface area is 241 Å². The third-order valence-corrected chi connectivity index (χ3v) is 11.3. The van der Waals surface area contributed by atoms with Crippen LogP contribution in [0.2, 0.25) is 0 Å². The van der Waals surface area contributed by atoms with Gasteiger partial charge in [0.05, 0.1) is 6.61 Å². The van der Waals surface area contributed by atoms with E-state index >= 15 is 0 Å². The van der Waals surface area contributed by atoms with Crippen LogP contribution in [0, 0.1) is 16.2 Å². The molecule has 0 rings (SSSR count). The zero-order valence-electron chi connectivity index (χ0n) is 28.1. The third-order valence-electron chi connectivity index (χ3n) is 11.3. The second-order valence-electron chi connectivity index (χ2n) is 12.5. The molecule has 0 heterocycles. The Morgan fingerprint density at radius 3 is 1.18 bits per heavy atom. The molecular formula is C36H74O2. The fourth-order valence-corrected chi connectivity index (χ4v) is 8.86. The quantitative estimate of drug-likeness (QED) is 0.0832. The van der Waals surface area contributed by atoms with E-state index in [1.54, 1.807) is 0 Å². The predicted octanol–water partition coefficient (Wildman–Crippen LogP) is 12.4. The van der Waals surface area contributed by atoms with Gasteiger partial charge >= 0.3 is 0 Å². The summed E-state index contributed by atoms with van der Waals surface area (Å²) >= 11 is 0. The van der Waals surface area contributed by atoms with Crippen molar-refractivity contribution in [3.8, 4) is 0 Å². The molecule has 38 heavy (non-hydrogen) atoms. The van der Waals surface area contributed by atoms with E-state index in [4.69, 9.17) is 4.74 Å². The number of ether oxygens (including phenoxy) is 1. The fourth-order valence-electron chi connectivity index (χ4n) is 8.86. The lowest BCUT2D eigenvalue weighted by Crippen LogP contribution is -2.64. The van der Waals surface area contributed by atoms with Crippen LogP contribution in [-0.2, 0) is 4.74 Å². The summed E-state index contributed by atoms with van der Waals surface area (Å²) in [6.45, 7) is 21.8. The lowest BCUT2D eigenvalue weighted by atomic mass is 9.42. The first-order valence-corrected chi connectivity index (χ1v) is 17.7. The van der Waals surface area contributed by atoms with Gasteiger partial charge in [0.2, 0.25) is 0 Å². The van der Waals surface area contributed by atoms with Crippen LogP contribution in [0.1, 0.15) is 204 Å². The van der Waals surface area contributed by atoms with Crippen molar-refractivity contribution >= 4 is 0 Å². The summed E-state index contributed by atoms with van der Waals surface area (Å²) in [5.74, 6) is -1.07. The molecule has 0 aliphatic carbocycles. The highest BCUT2D eigenvalue weighted by molar-refractivity contribution is 5.11. The lowest BCUT2D eigenvalue weighted by molar-refractivity contribution is -0.330. The second kappa shape index (κ2) is 20.7. The molecule has 0 fully saturated rings. The molecule has 0 radical (unpaired) electrons. The maximum Gasteiger partial charge on any atom is 0.171 e. The molecule has 0 aromatic rings. The summed E-state index contributed by atoms with van der Waals surface area (Å²) in [6, 6.07) is 0. The minimum Gasteiger partial charge on any atom is -0.365 e. The normalized spacial score (nSPS) is 14.7. The van der Waals surface area contributed by atoms with Gasteiger partial charge in [0.15, 0.2) is 5.79 Å². The molecule has 230 valence electrons. The summed E-state index contributed by atoms with van der Waals surface area (Å²) in [7, 11) is 0. The lowest BCUT2D eigenvalue weighted by Gasteiger charge is -2.65. The molecule has 1 unspecified atom stereocenters. The van der Waals surface area contributed by atoms with Gasteiger partial charge in [-0.05, 0) is 68.6 Å². The van der Waals surface area contributed by atoms with Crippen molar-refractivity contribution < 1.29 is 9.84 Å². The Bertz CT molecular complexity index is 529. The Morgan fingerprint density at radius 1 is 0.421 bits per heavy atom. The van der Waals surface area contributed by atoms with Gasteiger partial charge in [-0.2, -0.15) is 0 Å². The van der Waals surface area contributed by atoms with Crippen LogP contribution in [-0.4, -0.2) is 17.5 Å². The summed E-state index contributed by atoms with van der Waals surface area (Å²) in [4.78, 5) is 0. The van der Waals surface area contributed by atoms with Crippen molar-refractivity contribution in [3.63, 3.8) is 0 Å². The average molecular weight is 539 g/mol. The van der Waals surface area contributed by atoms with Gasteiger partial charge in [-0.3, -0.25) is 0 Å². The van der Waals surface area contributed by atoms with Gasteiger partial charge < -0.3 is 9.84 Å². The molecule has 0 aromatic carbocycles. The van der Waals surface area contributed by atoms with Crippen molar-refractivity contribution in [1.29, 1.82) is 0 Å². The molecule has 1 N–H and O–H groups in total. The van der Waals surface area contributed by atoms with Gasteiger partial charge in [0.25, 0.3) is 0 Å². The van der Waals surface area contributed by atoms with E-state index in [1.807, 2.05) is 0 Å². The van der Waals surface area contributed by atoms with Crippen molar-refractivity contribution in [2.75, 3.05) is 6.61 Å². The number of hydrogen-bond donors (Lipinski definition) is 1. The molecule has 0 bridgehead atoms. The van der Waals surface area contributed by atoms with Crippen LogP contribution in [0.3, 0.4) is 0 Å². The van der Waals surface area contributed by atoms with Crippen LogP contribution in [0.4, 0.5) is 0 Å². The molecule has 0 spiro atoms. The molecule has 0 aromatic heterocycles. The average Bonchev–Trinajstić information content (AvgIpc) is 2.95. The van der Waals surface area contributed by atoms with Crippen LogP contribution < -0.4 is 0 Å². The van der Waals surface area contributed by atoms with E-state index < -0.39 is 5.79 Å². The van der Waals surface area contributed by atoms with E-state index in [9.17, 15) is 5.11 Å². The number of aliphatic hydroxyl groups is 1. The first-order valence-electron chi connectivity index (χ1n) is 17.7. The van der Waals surface area contributed by atoms with Gasteiger partial charge in [0.1, 0.15) is 0 Å². The maximum atomic E-state index is 12.5. The molecule has 0 aliphatic rings. The molecule has 0 aliphatic heterocycles. The Balaban J connectivity index is 5.79. The molecule has 0 saturated heterocycles. The smallest absolute Gasteiger partial charge is 0.171 e. The molecule has 2 heteroatoms. The minimum atomic E-state index is -1.07. The van der Waals surface area contributed by atoms with Gasteiger partial charge in [-0.1, -0.05) is 146 Å². The Morgan fingerprint density at radius 2 is 0.816 bits per heavy atom. The molecule has 1 atom stereocenters. The predicted molar refractivity (Wildman–Crippen MR) is 171 cm³/mol. The highest BCUT2D eigenvalue weighted by atomic mass is 16.6. The van der Waals surface area contributed by atoms with E-state index in [2.05, 4.69) is 62.3 Å². The first kappa shape index (κ1) is 37.9. The van der Waals surface area contributed by atoms with E-state index in [-0.39, 0.29) is 16.2 Å². The number of rotatable bonds is 27. The standard InChI is InChI=1S/C36H74O2/c1-10-19-21-23-24-25-26-27-28-29-31-33(12-3,13-4)34(14-5,15-6)35(16-7,17-8)36(37,18-9)38-32-30-22-20-11-2/h37H,10-32H2,1-9H3. The summed E-state index contributed by atoms with van der Waals surface area (Å²) < 4.78 is 6.63. The second-order valence-corrected chi connectivity index (χ2v) is 12.5. The molecular weight excluding hydrogens is 464 g/mol. The maximum absolute atomic E-state index is 12.5. The Hall–Kier alpha value is -0.0800. The topological polar surface area (TPSA) is 29.5 Å². The highest BCUT2D eigenvalue weighted by Gasteiger charge is 2.65. The van der Waals surface area contributed by atoms with Crippen molar-refractivity contribution in [2.45, 2.75) is 209 Å². The van der Waals surface area contributed by atoms with Crippen molar-refractivity contribution in [1.82, 2.24) is 0 Å². The SMILES string of the molecule is CCCCCCCCCCCCC(CC)(CC)C(CC)(CC)C(CC)(CC)C(O)(CC)OCCCCCC. The van der Waals surface area contributed by atoms with Crippen molar-refractivity contribution in [2.24, 2.45) is 16.2 Å². The van der Waals surface area contributed by atoms with Crippen LogP contribution >= 0.6 is 0 Å².